The lowest BCUT2D eigenvalue weighted by atomic mass is 9.87. The van der Waals surface area contributed by atoms with Crippen LogP contribution < -0.4 is 16.0 Å². The van der Waals surface area contributed by atoms with Crippen LogP contribution in [0, 0.1) is 11.8 Å². The number of nitrogens with zero attached hydrogens (tertiary/aromatic N) is 13. The van der Waals surface area contributed by atoms with Crippen LogP contribution in [-0.2, 0) is 35.5 Å². The predicted molar refractivity (Wildman–Crippen MR) is 312 cm³/mol. The van der Waals surface area contributed by atoms with E-state index in [0.29, 0.717) is 43.6 Å². The van der Waals surface area contributed by atoms with Crippen molar-refractivity contribution in [1.82, 2.24) is 69.0 Å². The number of pyridine rings is 4. The Morgan fingerprint density at radius 3 is 1.59 bits per heavy atom. The zero-order chi connectivity index (χ0) is 55.0. The average molecular weight is 1070 g/mol. The van der Waals surface area contributed by atoms with Gasteiger partial charge < -0.3 is 35.1 Å². The summed E-state index contributed by atoms with van der Waals surface area (Å²) in [6, 6.07) is 13.2. The summed E-state index contributed by atoms with van der Waals surface area (Å²) >= 11 is 0. The van der Waals surface area contributed by atoms with E-state index < -0.39 is 5.97 Å². The van der Waals surface area contributed by atoms with Crippen LogP contribution >= 0.6 is 0 Å². The molecule has 19 heteroatoms. The van der Waals surface area contributed by atoms with Gasteiger partial charge in [0, 0.05) is 109 Å². The maximum atomic E-state index is 12.8. The molecule has 2 fully saturated rings. The summed E-state index contributed by atoms with van der Waals surface area (Å²) in [4.78, 5) is 66.6. The Kier molecular flexibility index (Phi) is 17.6. The molecule has 2 aliphatic heterocycles. The number of carbonyl (C=O) groups excluding carboxylic acids is 1. The maximum absolute atomic E-state index is 12.8. The number of carboxylic acid groups (broad SMARTS) is 1. The van der Waals surface area contributed by atoms with E-state index in [0.717, 1.165) is 144 Å². The summed E-state index contributed by atoms with van der Waals surface area (Å²) in [7, 11) is 0. The molecule has 2 saturated carbocycles. The van der Waals surface area contributed by atoms with Gasteiger partial charge in [-0.15, -0.1) is 0 Å². The quantitative estimate of drug-likeness (QED) is 0.0797. The number of hydrogen-bond donors (Lipinski definition) is 4. The van der Waals surface area contributed by atoms with Gasteiger partial charge in [0.05, 0.1) is 36.5 Å². The fourth-order valence-corrected chi connectivity index (χ4v) is 11.9. The molecule has 416 valence electrons. The number of anilines is 4. The van der Waals surface area contributed by atoms with Crippen molar-refractivity contribution in [2.45, 2.75) is 131 Å². The summed E-state index contributed by atoms with van der Waals surface area (Å²) in [5.74, 6) is 3.69. The molecule has 4 N–H and O–H groups in total. The third-order valence-electron chi connectivity index (χ3n) is 16.7. The molecule has 4 aliphatic rings. The highest BCUT2D eigenvalue weighted by molar-refractivity contribution is 6.07. The highest BCUT2D eigenvalue weighted by Crippen LogP contribution is 2.40. The van der Waals surface area contributed by atoms with Gasteiger partial charge in [-0.05, 0) is 125 Å². The molecule has 0 unspecified atom stereocenters. The van der Waals surface area contributed by atoms with Crippen LogP contribution in [-0.4, -0.2) is 133 Å². The van der Waals surface area contributed by atoms with Crippen LogP contribution in [0.25, 0.3) is 43.9 Å². The number of amides is 1. The Morgan fingerprint density at radius 2 is 1.10 bits per heavy atom. The predicted octanol–water partition coefficient (Wildman–Crippen LogP) is 10.0. The van der Waals surface area contributed by atoms with Crippen LogP contribution in [0.15, 0.2) is 73.6 Å². The molecule has 79 heavy (non-hydrogen) atoms. The van der Waals surface area contributed by atoms with E-state index in [1.165, 1.54) is 49.5 Å². The van der Waals surface area contributed by atoms with Crippen molar-refractivity contribution in [1.29, 1.82) is 0 Å². The first-order valence-corrected chi connectivity index (χ1v) is 28.9. The van der Waals surface area contributed by atoms with Crippen LogP contribution in [0.3, 0.4) is 0 Å². The molecule has 0 bridgehead atoms. The van der Waals surface area contributed by atoms with E-state index in [2.05, 4.69) is 102 Å². The first kappa shape index (κ1) is 55.1. The highest BCUT2D eigenvalue weighted by atomic mass is 16.4. The molecule has 0 saturated heterocycles. The molecule has 0 radical (unpaired) electrons. The van der Waals surface area contributed by atoms with Crippen LogP contribution in [0.4, 0.5) is 23.5 Å². The van der Waals surface area contributed by atoms with E-state index in [1.807, 2.05) is 73.0 Å². The lowest BCUT2D eigenvalue weighted by molar-refractivity contribution is -0.138. The van der Waals surface area contributed by atoms with Crippen molar-refractivity contribution >= 4 is 79.3 Å². The largest absolute Gasteiger partial charge is 0.480 e. The number of likely N-dealkylation sites (N-methyl/N-ethyl adjacent to an activating group) is 2. The number of aliphatic carboxylic acids is 1. The summed E-state index contributed by atoms with van der Waals surface area (Å²) in [6.07, 6.45) is 22.9. The standard InChI is InChI=1S/C30H38N8O.C24H27N7.C6H13NO2/c1-4-36(5-2)19-28(39)37-15-13-25-21(18-37)8-11-27(33-25)34-30-32-16-24-23-12-14-31-17-26(23)38(29(24)35-30)22-9-6-20(3)7-10-22;1-15-2-5-17(6-3-15)31-21-14-26-10-8-18(21)19-13-27-24(30-23(19)31)29-22-7-4-16-12-25-11-9-20(16)28-22;1-3-7(4-2)5-6(8)9/h8,11-12,14,16-17,20,22H,4-7,9-10,13,15,18-19H2,1-3H3,(H,32,33,34,35);4,7-8,10,13-15,17,25H,2-3,5-6,9,11-12H2,1H3,(H,27,28,29,30);3-5H2,1-2H3,(H,8,9). The van der Waals surface area contributed by atoms with Gasteiger partial charge in [-0.25, -0.2) is 19.9 Å². The molecule has 8 aromatic rings. The maximum Gasteiger partial charge on any atom is 0.317 e. The third-order valence-corrected chi connectivity index (χ3v) is 16.7. The summed E-state index contributed by atoms with van der Waals surface area (Å²) < 4.78 is 4.79. The van der Waals surface area contributed by atoms with Gasteiger partial charge in [-0.3, -0.25) is 29.4 Å². The number of hydrogen-bond acceptors (Lipinski definition) is 15. The normalized spacial score (nSPS) is 19.2. The lowest BCUT2D eigenvalue weighted by Crippen LogP contribution is -2.42. The Hall–Kier alpha value is -7.22. The summed E-state index contributed by atoms with van der Waals surface area (Å²) in [5.41, 5.74) is 8.79. The van der Waals surface area contributed by atoms with Crippen LogP contribution in [0.2, 0.25) is 0 Å². The molecule has 1 amide bonds. The molecule has 19 nitrogen and oxygen atoms in total. The van der Waals surface area contributed by atoms with Crippen LogP contribution in [0.5, 0.6) is 0 Å². The average Bonchev–Trinajstić information content (AvgIpc) is 4.04. The van der Waals surface area contributed by atoms with Gasteiger partial charge >= 0.3 is 5.97 Å². The Balaban J connectivity index is 0.000000157. The number of carboxylic acids is 1. The van der Waals surface area contributed by atoms with Gasteiger partial charge in [0.1, 0.15) is 22.9 Å². The number of aromatic nitrogens is 10. The Labute approximate surface area is 463 Å². The molecule has 12 rings (SSSR count). The number of rotatable bonds is 14. The number of carbonyl (C=O) groups is 2. The van der Waals surface area contributed by atoms with E-state index in [1.54, 1.807) is 0 Å². The van der Waals surface area contributed by atoms with E-state index in [9.17, 15) is 9.59 Å². The van der Waals surface area contributed by atoms with Gasteiger partial charge in [-0.2, -0.15) is 9.97 Å². The van der Waals surface area contributed by atoms with Gasteiger partial charge in [0.2, 0.25) is 17.8 Å². The van der Waals surface area contributed by atoms with Crippen molar-refractivity contribution < 1.29 is 14.7 Å². The summed E-state index contributed by atoms with van der Waals surface area (Å²) in [5, 5.41) is 22.9. The second-order valence-corrected chi connectivity index (χ2v) is 21.9. The fraction of sp³-hybridized carbons (Fsp3) is 0.500. The molecule has 2 aliphatic carbocycles. The van der Waals surface area contributed by atoms with Crippen molar-refractivity contribution in [3.63, 3.8) is 0 Å². The SMILES string of the molecule is CC1CCC(n2c3cnccc3c3cnc(Nc4ccc5c(n4)CCNC5)nc32)CC1.CCN(CC)CC(=O)N1CCc2nc(Nc3ncc4c5ccncc5n(C5CCC(C)CC5)c4n3)ccc2C1.CCN(CC)CC(=O)O. The van der Waals surface area contributed by atoms with Crippen molar-refractivity contribution in [3.05, 3.63) is 96.1 Å². The zero-order valence-electron chi connectivity index (χ0n) is 47.0. The topological polar surface area (TPSA) is 213 Å². The first-order valence-electron chi connectivity index (χ1n) is 28.9. The lowest BCUT2D eigenvalue weighted by Gasteiger charge is -2.30. The molecule has 0 atom stereocenters. The minimum Gasteiger partial charge on any atom is -0.480 e. The van der Waals surface area contributed by atoms with Crippen molar-refractivity contribution in [2.24, 2.45) is 11.8 Å². The second-order valence-electron chi connectivity index (χ2n) is 21.9. The minimum atomic E-state index is -0.751. The fourth-order valence-electron chi connectivity index (χ4n) is 11.9. The summed E-state index contributed by atoms with van der Waals surface area (Å²) in [6.45, 7) is 20.0. The van der Waals surface area contributed by atoms with E-state index in [-0.39, 0.29) is 12.5 Å². The van der Waals surface area contributed by atoms with Crippen LogP contribution in [0.1, 0.15) is 128 Å². The van der Waals surface area contributed by atoms with Gasteiger partial charge in [0.15, 0.2) is 0 Å². The first-order chi connectivity index (χ1) is 38.5. The highest BCUT2D eigenvalue weighted by Gasteiger charge is 2.28. The second kappa shape index (κ2) is 25.3. The van der Waals surface area contributed by atoms with E-state index in [4.69, 9.17) is 25.0 Å². The zero-order valence-corrected chi connectivity index (χ0v) is 47.0. The smallest absolute Gasteiger partial charge is 0.317 e. The van der Waals surface area contributed by atoms with Gasteiger partial charge in [0.25, 0.3) is 0 Å². The molecule has 10 heterocycles. The van der Waals surface area contributed by atoms with E-state index >= 15 is 0 Å². The molecule has 0 spiro atoms. The Morgan fingerprint density at radius 1 is 0.608 bits per heavy atom. The molecule has 0 aromatic carbocycles. The number of nitrogens with one attached hydrogen (secondary N) is 3. The minimum absolute atomic E-state index is 0.160. The van der Waals surface area contributed by atoms with Crippen molar-refractivity contribution in [2.75, 3.05) is 63.0 Å². The Bertz CT molecular complexity index is 3390. The third kappa shape index (κ3) is 12.6. The van der Waals surface area contributed by atoms with Crippen molar-refractivity contribution in [3.8, 4) is 0 Å². The number of fused-ring (bicyclic) bond motifs is 8. The monoisotopic (exact) mass is 1070 g/mol. The van der Waals surface area contributed by atoms with Gasteiger partial charge in [-0.1, -0.05) is 53.7 Å². The molecular weight excluding hydrogens is 993 g/mol. The molecular formula is C60H78N16O3. The molecule has 8 aromatic heterocycles.